The molecule has 0 radical (unpaired) electrons. The SMILES string of the molecule is C=NNN1[C@H]2COC(c3ccccc3)O[C@H]2[C@@H]2OC(c3ccccc3)OC[C@@H]21. The van der Waals surface area contributed by atoms with Crippen LogP contribution in [0.1, 0.15) is 23.7 Å². The molecule has 7 heteroatoms. The highest BCUT2D eigenvalue weighted by molar-refractivity contribution is 5.22. The fraction of sp³-hybridized carbons (Fsp3) is 0.381. The number of nitrogens with zero attached hydrogens (tertiary/aromatic N) is 2. The Kier molecular flexibility index (Phi) is 4.84. The monoisotopic (exact) mass is 381 g/mol. The molecule has 7 nitrogen and oxygen atoms in total. The summed E-state index contributed by atoms with van der Waals surface area (Å²) in [6.45, 7) is 4.56. The zero-order chi connectivity index (χ0) is 18.9. The van der Waals surface area contributed by atoms with Crippen LogP contribution in [0.5, 0.6) is 0 Å². The summed E-state index contributed by atoms with van der Waals surface area (Å²) in [4.78, 5) is 0. The smallest absolute Gasteiger partial charge is 0.184 e. The van der Waals surface area contributed by atoms with Crippen molar-refractivity contribution in [2.24, 2.45) is 5.10 Å². The summed E-state index contributed by atoms with van der Waals surface area (Å²) in [5.41, 5.74) is 4.97. The molecule has 3 saturated heterocycles. The Balaban J connectivity index is 1.40. The second kappa shape index (κ2) is 7.62. The van der Waals surface area contributed by atoms with E-state index in [-0.39, 0.29) is 24.3 Å². The van der Waals surface area contributed by atoms with Crippen LogP contribution in [0.4, 0.5) is 0 Å². The van der Waals surface area contributed by atoms with Crippen LogP contribution < -0.4 is 5.53 Å². The molecule has 0 saturated carbocycles. The first-order chi connectivity index (χ1) is 13.8. The van der Waals surface area contributed by atoms with Crippen molar-refractivity contribution in [1.29, 1.82) is 0 Å². The summed E-state index contributed by atoms with van der Waals surface area (Å²) in [5.74, 6) is 0. The fourth-order valence-corrected chi connectivity index (χ4v) is 4.22. The number of benzene rings is 2. The Morgan fingerprint density at radius 2 is 1.25 bits per heavy atom. The molecule has 28 heavy (non-hydrogen) atoms. The molecule has 146 valence electrons. The van der Waals surface area contributed by atoms with Gasteiger partial charge in [0.15, 0.2) is 12.6 Å². The van der Waals surface area contributed by atoms with Crippen molar-refractivity contribution in [3.05, 3.63) is 71.8 Å². The number of hydrogen-bond donors (Lipinski definition) is 1. The van der Waals surface area contributed by atoms with E-state index in [2.05, 4.69) is 17.4 Å². The highest BCUT2D eigenvalue weighted by Crippen LogP contribution is 2.41. The minimum atomic E-state index is -0.415. The lowest BCUT2D eigenvalue weighted by Crippen LogP contribution is -2.52. The Hall–Kier alpha value is -2.29. The van der Waals surface area contributed by atoms with Crippen molar-refractivity contribution in [2.45, 2.75) is 36.9 Å². The normalized spacial score (nSPS) is 35.0. The summed E-state index contributed by atoms with van der Waals surface area (Å²) in [5, 5.41) is 5.85. The summed E-state index contributed by atoms with van der Waals surface area (Å²) in [6, 6.07) is 19.9. The van der Waals surface area contributed by atoms with E-state index < -0.39 is 12.6 Å². The first-order valence-corrected chi connectivity index (χ1v) is 9.49. The van der Waals surface area contributed by atoms with Gasteiger partial charge in [0.25, 0.3) is 0 Å². The molecule has 0 aromatic heterocycles. The summed E-state index contributed by atoms with van der Waals surface area (Å²) < 4.78 is 24.8. The van der Waals surface area contributed by atoms with E-state index in [9.17, 15) is 0 Å². The Morgan fingerprint density at radius 3 is 1.68 bits per heavy atom. The van der Waals surface area contributed by atoms with E-state index in [1.165, 1.54) is 0 Å². The molecule has 0 amide bonds. The Morgan fingerprint density at radius 1 is 0.786 bits per heavy atom. The minimum absolute atomic E-state index is 0.0430. The molecule has 1 N–H and O–H groups in total. The van der Waals surface area contributed by atoms with Gasteiger partial charge >= 0.3 is 0 Å². The van der Waals surface area contributed by atoms with Gasteiger partial charge in [-0.05, 0) is 0 Å². The van der Waals surface area contributed by atoms with Crippen molar-refractivity contribution in [3.8, 4) is 0 Å². The van der Waals surface area contributed by atoms with Gasteiger partial charge in [-0.1, -0.05) is 60.7 Å². The highest BCUT2D eigenvalue weighted by atomic mass is 16.7. The van der Waals surface area contributed by atoms with Gasteiger partial charge in [-0.25, -0.2) is 5.53 Å². The Labute approximate surface area is 163 Å². The van der Waals surface area contributed by atoms with Crippen LogP contribution in [0.25, 0.3) is 0 Å². The van der Waals surface area contributed by atoms with Gasteiger partial charge in [-0.2, -0.15) is 10.1 Å². The van der Waals surface area contributed by atoms with Crippen LogP contribution in [0, 0.1) is 0 Å². The van der Waals surface area contributed by atoms with Gasteiger partial charge in [-0.3, -0.25) is 0 Å². The zero-order valence-electron chi connectivity index (χ0n) is 15.4. The summed E-state index contributed by atoms with van der Waals surface area (Å²) >= 11 is 0. The average molecular weight is 381 g/mol. The van der Waals surface area contributed by atoms with Crippen molar-refractivity contribution in [3.63, 3.8) is 0 Å². The predicted octanol–water partition coefficient (Wildman–Crippen LogP) is 2.39. The lowest BCUT2D eigenvalue weighted by Gasteiger charge is -2.37. The summed E-state index contributed by atoms with van der Waals surface area (Å²) in [7, 11) is 0. The van der Waals surface area contributed by atoms with Crippen LogP contribution in [-0.2, 0) is 18.9 Å². The van der Waals surface area contributed by atoms with Crippen LogP contribution in [-0.4, -0.2) is 49.2 Å². The third-order valence-electron chi connectivity index (χ3n) is 5.52. The number of hydrazone groups is 1. The van der Waals surface area contributed by atoms with Crippen molar-refractivity contribution < 1.29 is 18.9 Å². The molecule has 5 rings (SSSR count). The van der Waals surface area contributed by atoms with E-state index >= 15 is 0 Å². The van der Waals surface area contributed by atoms with Gasteiger partial charge in [-0.15, -0.1) is 0 Å². The second-order valence-corrected chi connectivity index (χ2v) is 7.15. The standard InChI is InChI=1S/C21H23N3O4/c1-22-23-24-16-12-25-20(14-8-4-2-5-9-14)27-18(16)19-17(24)13-26-21(28-19)15-10-6-3-7-11-15/h2-11,16-21,23H,1,12-13H2/t16-,17-,18+,19+,20?,21?/m0/s1. The molecule has 0 bridgehead atoms. The maximum absolute atomic E-state index is 6.38. The topological polar surface area (TPSA) is 64.6 Å². The van der Waals surface area contributed by atoms with Crippen molar-refractivity contribution in [2.75, 3.05) is 13.2 Å². The van der Waals surface area contributed by atoms with Gasteiger partial charge in [0.2, 0.25) is 0 Å². The lowest BCUT2D eigenvalue weighted by molar-refractivity contribution is -0.278. The maximum Gasteiger partial charge on any atom is 0.184 e. The second-order valence-electron chi connectivity index (χ2n) is 7.15. The molecule has 3 aliphatic rings. The molecule has 2 unspecified atom stereocenters. The largest absolute Gasteiger partial charge is 0.347 e. The number of fused-ring (bicyclic) bond motifs is 3. The van der Waals surface area contributed by atoms with Crippen molar-refractivity contribution >= 4 is 6.72 Å². The predicted molar refractivity (Wildman–Crippen MR) is 102 cm³/mol. The maximum atomic E-state index is 6.38. The summed E-state index contributed by atoms with van der Waals surface area (Å²) in [6.07, 6.45) is -1.18. The number of hydrazine groups is 1. The van der Waals surface area contributed by atoms with Gasteiger partial charge in [0.1, 0.15) is 12.2 Å². The van der Waals surface area contributed by atoms with E-state index in [0.717, 1.165) is 11.1 Å². The molecular formula is C21H23N3O4. The van der Waals surface area contributed by atoms with Crippen LogP contribution in [0.2, 0.25) is 0 Å². The first kappa shape index (κ1) is 17.8. The number of ether oxygens (including phenoxy) is 4. The molecule has 3 heterocycles. The molecule has 3 fully saturated rings. The number of rotatable bonds is 4. The molecular weight excluding hydrogens is 358 g/mol. The van der Waals surface area contributed by atoms with Crippen LogP contribution >= 0.6 is 0 Å². The van der Waals surface area contributed by atoms with Crippen LogP contribution in [0.15, 0.2) is 65.8 Å². The van der Waals surface area contributed by atoms with E-state index in [1.807, 2.05) is 65.7 Å². The molecule has 0 spiro atoms. The highest BCUT2D eigenvalue weighted by Gasteiger charge is 2.56. The lowest BCUT2D eigenvalue weighted by atomic mass is 10.0. The molecule has 2 aromatic carbocycles. The third kappa shape index (κ3) is 3.11. The van der Waals surface area contributed by atoms with Crippen molar-refractivity contribution in [1.82, 2.24) is 10.5 Å². The van der Waals surface area contributed by atoms with Gasteiger partial charge in [0, 0.05) is 17.8 Å². The average Bonchev–Trinajstić information content (AvgIpc) is 3.08. The van der Waals surface area contributed by atoms with Gasteiger partial charge in [0.05, 0.1) is 25.3 Å². The zero-order valence-corrected chi connectivity index (χ0v) is 15.4. The van der Waals surface area contributed by atoms with E-state index in [1.54, 1.807) is 0 Å². The van der Waals surface area contributed by atoms with Crippen LogP contribution in [0.3, 0.4) is 0 Å². The third-order valence-corrected chi connectivity index (χ3v) is 5.52. The molecule has 2 aromatic rings. The Bertz CT molecular complexity index is 742. The number of hydrogen-bond acceptors (Lipinski definition) is 7. The minimum Gasteiger partial charge on any atom is -0.347 e. The number of nitrogens with one attached hydrogen (secondary N) is 1. The van der Waals surface area contributed by atoms with E-state index in [0.29, 0.717) is 13.2 Å². The van der Waals surface area contributed by atoms with E-state index in [4.69, 9.17) is 18.9 Å². The van der Waals surface area contributed by atoms with Gasteiger partial charge < -0.3 is 18.9 Å². The molecule has 0 aliphatic carbocycles. The fourth-order valence-electron chi connectivity index (χ4n) is 4.22. The molecule has 6 atom stereocenters. The molecule has 3 aliphatic heterocycles. The first-order valence-electron chi connectivity index (χ1n) is 9.49. The quantitative estimate of drug-likeness (QED) is 0.648.